The molecule has 0 bridgehead atoms. The molecule has 1 fully saturated rings. The van der Waals surface area contributed by atoms with E-state index in [1.807, 2.05) is 0 Å². The molecule has 1 aliphatic rings. The molecule has 0 spiro atoms. The Morgan fingerprint density at radius 2 is 2.42 bits per heavy atom. The predicted octanol–water partition coefficient (Wildman–Crippen LogP) is 2.18. The number of carboxylic acid groups (broad SMARTS) is 1. The van der Waals surface area contributed by atoms with Crippen LogP contribution in [0.4, 0.5) is 5.82 Å². The Bertz CT molecular complexity index is 419. The van der Waals surface area contributed by atoms with Gasteiger partial charge in [-0.3, -0.25) is 0 Å². The van der Waals surface area contributed by atoms with E-state index in [-0.39, 0.29) is 11.7 Å². The van der Waals surface area contributed by atoms with Crippen LogP contribution in [0.25, 0.3) is 0 Å². The molecule has 2 rings (SSSR count). The summed E-state index contributed by atoms with van der Waals surface area (Å²) in [5.74, 6) is -0.114. The highest BCUT2D eigenvalue weighted by Crippen LogP contribution is 2.19. The largest absolute Gasteiger partial charge is 0.478 e. The molecule has 19 heavy (non-hydrogen) atoms. The molecule has 0 amide bonds. The summed E-state index contributed by atoms with van der Waals surface area (Å²) in [4.78, 5) is 17.2. The SMILES string of the molecule is CCCOC1CCCN(c2ccc(C(=O)O)cn2)C1. The Morgan fingerprint density at radius 1 is 1.58 bits per heavy atom. The van der Waals surface area contributed by atoms with Crippen molar-refractivity contribution in [3.8, 4) is 0 Å². The van der Waals surface area contributed by atoms with Crippen molar-refractivity contribution in [3.05, 3.63) is 23.9 Å². The molecule has 1 N–H and O–H groups in total. The summed E-state index contributed by atoms with van der Waals surface area (Å²) in [7, 11) is 0. The number of hydrogen-bond acceptors (Lipinski definition) is 4. The van der Waals surface area contributed by atoms with Crippen molar-refractivity contribution in [2.24, 2.45) is 0 Å². The third-order valence-corrected chi connectivity index (χ3v) is 3.25. The minimum Gasteiger partial charge on any atom is -0.478 e. The van der Waals surface area contributed by atoms with Crippen molar-refractivity contribution in [2.75, 3.05) is 24.6 Å². The van der Waals surface area contributed by atoms with Crippen molar-refractivity contribution in [2.45, 2.75) is 32.3 Å². The molecule has 5 nitrogen and oxygen atoms in total. The standard InChI is InChI=1S/C14H20N2O3/c1-2-8-19-12-4-3-7-16(10-12)13-6-5-11(9-15-13)14(17)18/h5-6,9,12H,2-4,7-8,10H2,1H3,(H,17,18). The highest BCUT2D eigenvalue weighted by atomic mass is 16.5. The number of nitrogens with zero attached hydrogens (tertiary/aromatic N) is 2. The first kappa shape index (κ1) is 13.8. The fourth-order valence-corrected chi connectivity index (χ4v) is 2.27. The second kappa shape index (κ2) is 6.52. The summed E-state index contributed by atoms with van der Waals surface area (Å²) in [6.45, 7) is 4.68. The third-order valence-electron chi connectivity index (χ3n) is 3.25. The average molecular weight is 264 g/mol. The number of piperidine rings is 1. The zero-order valence-corrected chi connectivity index (χ0v) is 11.2. The molecule has 1 unspecified atom stereocenters. The van der Waals surface area contributed by atoms with E-state index in [1.165, 1.54) is 6.20 Å². The van der Waals surface area contributed by atoms with Crippen molar-refractivity contribution < 1.29 is 14.6 Å². The number of aromatic carboxylic acids is 1. The van der Waals surface area contributed by atoms with Crippen molar-refractivity contribution in [3.63, 3.8) is 0 Å². The van der Waals surface area contributed by atoms with Gasteiger partial charge < -0.3 is 14.7 Å². The topological polar surface area (TPSA) is 62.7 Å². The van der Waals surface area contributed by atoms with Crippen LogP contribution in [0.5, 0.6) is 0 Å². The minimum atomic E-state index is -0.943. The number of carbonyl (C=O) groups is 1. The summed E-state index contributed by atoms with van der Waals surface area (Å²) >= 11 is 0. The molecule has 1 saturated heterocycles. The number of pyridine rings is 1. The first-order chi connectivity index (χ1) is 9.20. The summed E-state index contributed by atoms with van der Waals surface area (Å²) in [6.07, 6.45) is 4.87. The normalized spacial score (nSPS) is 19.4. The monoisotopic (exact) mass is 264 g/mol. The average Bonchev–Trinajstić information content (AvgIpc) is 2.45. The third kappa shape index (κ3) is 3.67. The van der Waals surface area contributed by atoms with Crippen molar-refractivity contribution >= 4 is 11.8 Å². The van der Waals surface area contributed by atoms with E-state index in [4.69, 9.17) is 9.84 Å². The predicted molar refractivity (Wildman–Crippen MR) is 72.7 cm³/mol. The van der Waals surface area contributed by atoms with E-state index in [0.717, 1.165) is 44.8 Å². The number of hydrogen-bond donors (Lipinski definition) is 1. The van der Waals surface area contributed by atoms with E-state index in [9.17, 15) is 4.79 Å². The van der Waals surface area contributed by atoms with Gasteiger partial charge in [0.1, 0.15) is 5.82 Å². The molecular formula is C14H20N2O3. The molecule has 5 heteroatoms. The van der Waals surface area contributed by atoms with Gasteiger partial charge in [0.25, 0.3) is 0 Å². The molecule has 0 aliphatic carbocycles. The smallest absolute Gasteiger partial charge is 0.337 e. The van der Waals surface area contributed by atoms with Gasteiger partial charge in [0, 0.05) is 25.9 Å². The highest BCUT2D eigenvalue weighted by Gasteiger charge is 2.21. The summed E-state index contributed by atoms with van der Waals surface area (Å²) in [6, 6.07) is 3.37. The van der Waals surface area contributed by atoms with Crippen molar-refractivity contribution in [1.29, 1.82) is 0 Å². The Kier molecular flexibility index (Phi) is 4.74. The second-order valence-electron chi connectivity index (χ2n) is 4.79. The van der Waals surface area contributed by atoms with Crippen molar-refractivity contribution in [1.82, 2.24) is 4.98 Å². The molecular weight excluding hydrogens is 244 g/mol. The number of carboxylic acids is 1. The van der Waals surface area contributed by atoms with Gasteiger partial charge in [-0.25, -0.2) is 9.78 Å². The molecule has 0 aromatic carbocycles. The van der Waals surface area contributed by atoms with Gasteiger partial charge in [-0.1, -0.05) is 6.92 Å². The number of anilines is 1. The lowest BCUT2D eigenvalue weighted by molar-refractivity contribution is 0.0439. The Labute approximate surface area is 113 Å². The van der Waals surface area contributed by atoms with Gasteiger partial charge in [0.2, 0.25) is 0 Å². The summed E-state index contributed by atoms with van der Waals surface area (Å²) in [5.41, 5.74) is 0.222. The van der Waals surface area contributed by atoms with Gasteiger partial charge in [0.05, 0.1) is 11.7 Å². The lowest BCUT2D eigenvalue weighted by atomic mass is 10.1. The fourth-order valence-electron chi connectivity index (χ4n) is 2.27. The molecule has 1 atom stereocenters. The number of rotatable bonds is 5. The van der Waals surface area contributed by atoms with E-state index < -0.39 is 5.97 Å². The number of aromatic nitrogens is 1. The molecule has 0 radical (unpaired) electrons. The maximum Gasteiger partial charge on any atom is 0.337 e. The number of ether oxygens (including phenoxy) is 1. The summed E-state index contributed by atoms with van der Waals surface area (Å²) < 4.78 is 5.78. The van der Waals surface area contributed by atoms with Crippen LogP contribution in [0.3, 0.4) is 0 Å². The van der Waals surface area contributed by atoms with Crippen LogP contribution in [0, 0.1) is 0 Å². The highest BCUT2D eigenvalue weighted by molar-refractivity contribution is 5.87. The molecule has 1 aliphatic heterocycles. The maximum absolute atomic E-state index is 10.8. The second-order valence-corrected chi connectivity index (χ2v) is 4.79. The van der Waals surface area contributed by atoms with E-state index in [1.54, 1.807) is 12.1 Å². The zero-order chi connectivity index (χ0) is 13.7. The van der Waals surface area contributed by atoms with Crippen LogP contribution in [-0.2, 0) is 4.74 Å². The summed E-state index contributed by atoms with van der Waals surface area (Å²) in [5, 5.41) is 8.85. The molecule has 0 saturated carbocycles. The van der Waals surface area contributed by atoms with Crippen LogP contribution in [-0.4, -0.2) is 41.9 Å². The first-order valence-electron chi connectivity index (χ1n) is 6.76. The van der Waals surface area contributed by atoms with Gasteiger partial charge in [-0.05, 0) is 31.4 Å². The van der Waals surface area contributed by atoms with Gasteiger partial charge in [0.15, 0.2) is 0 Å². The quantitative estimate of drug-likeness (QED) is 0.883. The van der Waals surface area contributed by atoms with Gasteiger partial charge in [-0.2, -0.15) is 0 Å². The van der Waals surface area contributed by atoms with Crippen LogP contribution in [0.15, 0.2) is 18.3 Å². The Balaban J connectivity index is 1.98. The molecule has 2 heterocycles. The van der Waals surface area contributed by atoms with E-state index in [2.05, 4.69) is 16.8 Å². The molecule has 1 aromatic heterocycles. The van der Waals surface area contributed by atoms with Crippen LogP contribution in [0.1, 0.15) is 36.5 Å². The lowest BCUT2D eigenvalue weighted by Gasteiger charge is -2.33. The zero-order valence-electron chi connectivity index (χ0n) is 11.2. The van der Waals surface area contributed by atoms with Crippen LogP contribution in [0.2, 0.25) is 0 Å². The minimum absolute atomic E-state index is 0.222. The maximum atomic E-state index is 10.8. The van der Waals surface area contributed by atoms with Crippen LogP contribution >= 0.6 is 0 Å². The first-order valence-corrected chi connectivity index (χ1v) is 6.76. The van der Waals surface area contributed by atoms with Gasteiger partial charge >= 0.3 is 5.97 Å². The fraction of sp³-hybridized carbons (Fsp3) is 0.571. The Hall–Kier alpha value is -1.62. The molecule has 104 valence electrons. The van der Waals surface area contributed by atoms with E-state index in [0.29, 0.717) is 0 Å². The van der Waals surface area contributed by atoms with Gasteiger partial charge in [-0.15, -0.1) is 0 Å². The lowest BCUT2D eigenvalue weighted by Crippen LogP contribution is -2.40. The Morgan fingerprint density at radius 3 is 3.05 bits per heavy atom. The molecule has 1 aromatic rings. The van der Waals surface area contributed by atoms with E-state index >= 15 is 0 Å². The van der Waals surface area contributed by atoms with Crippen LogP contribution < -0.4 is 4.90 Å².